The van der Waals surface area contributed by atoms with Gasteiger partial charge in [-0.05, 0) is 48.9 Å². The van der Waals surface area contributed by atoms with Crippen LogP contribution in [-0.4, -0.2) is 57.6 Å². The van der Waals surface area contributed by atoms with Crippen molar-refractivity contribution < 1.29 is 22.8 Å². The molecule has 3 aromatic rings. The Labute approximate surface area is 182 Å². The van der Waals surface area contributed by atoms with Crippen molar-refractivity contribution in [2.75, 3.05) is 26.2 Å². The van der Waals surface area contributed by atoms with Crippen molar-refractivity contribution in [2.45, 2.75) is 12.6 Å². The first-order chi connectivity index (χ1) is 15.3. The molecule has 0 saturated carbocycles. The Balaban J connectivity index is 1.41. The summed E-state index contributed by atoms with van der Waals surface area (Å²) in [4.78, 5) is 29.1. The first-order valence-corrected chi connectivity index (χ1v) is 10.2. The molecule has 32 heavy (non-hydrogen) atoms. The summed E-state index contributed by atoms with van der Waals surface area (Å²) in [7, 11) is 0. The van der Waals surface area contributed by atoms with Crippen molar-refractivity contribution in [2.24, 2.45) is 0 Å². The maximum atomic E-state index is 12.9. The molecule has 4 rings (SSSR count). The van der Waals surface area contributed by atoms with Gasteiger partial charge in [0.15, 0.2) is 5.69 Å². The van der Waals surface area contributed by atoms with Crippen LogP contribution in [0.25, 0.3) is 5.69 Å². The molecule has 2 amide bonds. The van der Waals surface area contributed by atoms with Crippen molar-refractivity contribution in [3.8, 4) is 5.69 Å². The molecule has 1 fully saturated rings. The molecule has 0 spiro atoms. The van der Waals surface area contributed by atoms with E-state index in [1.807, 2.05) is 18.2 Å². The zero-order chi connectivity index (χ0) is 22.7. The van der Waals surface area contributed by atoms with Gasteiger partial charge in [0, 0.05) is 43.5 Å². The minimum atomic E-state index is -4.51. The number of nitrogens with zero attached hydrogens (tertiary/aromatic N) is 4. The van der Waals surface area contributed by atoms with E-state index < -0.39 is 11.9 Å². The number of hydrogen-bond donors (Lipinski definition) is 0. The van der Waals surface area contributed by atoms with E-state index in [0.29, 0.717) is 49.4 Å². The Hall–Kier alpha value is -3.62. The van der Waals surface area contributed by atoms with Crippen LogP contribution in [-0.2, 0) is 6.18 Å². The van der Waals surface area contributed by atoms with E-state index in [0.717, 1.165) is 10.7 Å². The van der Waals surface area contributed by atoms with Gasteiger partial charge in [-0.2, -0.15) is 18.3 Å². The summed E-state index contributed by atoms with van der Waals surface area (Å²) >= 11 is 0. The minimum Gasteiger partial charge on any atom is -0.337 e. The summed E-state index contributed by atoms with van der Waals surface area (Å²) in [5.41, 5.74) is 0.499. The Morgan fingerprint density at radius 3 is 1.84 bits per heavy atom. The van der Waals surface area contributed by atoms with Gasteiger partial charge < -0.3 is 9.80 Å². The molecule has 0 aliphatic carbocycles. The fourth-order valence-corrected chi connectivity index (χ4v) is 3.65. The number of halogens is 3. The predicted molar refractivity (Wildman–Crippen MR) is 111 cm³/mol. The predicted octanol–water partition coefficient (Wildman–Crippen LogP) is 3.88. The van der Waals surface area contributed by atoms with E-state index in [9.17, 15) is 22.8 Å². The quantitative estimate of drug-likeness (QED) is 0.619. The lowest BCUT2D eigenvalue weighted by atomic mass is 10.1. The van der Waals surface area contributed by atoms with Crippen LogP contribution in [0, 0.1) is 0 Å². The third-order valence-electron chi connectivity index (χ3n) is 5.35. The van der Waals surface area contributed by atoms with E-state index in [1.165, 1.54) is 6.20 Å². The Morgan fingerprint density at radius 1 is 0.750 bits per heavy atom. The molecule has 0 unspecified atom stereocenters. The molecule has 0 atom stereocenters. The molecule has 1 aliphatic rings. The van der Waals surface area contributed by atoms with Gasteiger partial charge in [-0.25, -0.2) is 4.68 Å². The molecule has 1 saturated heterocycles. The topological polar surface area (TPSA) is 58.4 Å². The fourth-order valence-electron chi connectivity index (χ4n) is 3.65. The molecule has 0 radical (unpaired) electrons. The molecule has 6 nitrogen and oxygen atoms in total. The van der Waals surface area contributed by atoms with E-state index in [4.69, 9.17) is 0 Å². The largest absolute Gasteiger partial charge is 0.435 e. The Morgan fingerprint density at radius 2 is 1.31 bits per heavy atom. The van der Waals surface area contributed by atoms with E-state index in [1.54, 1.807) is 46.2 Å². The summed E-state index contributed by atoms with van der Waals surface area (Å²) in [6.07, 6.45) is -2.62. The zero-order valence-corrected chi connectivity index (χ0v) is 17.1. The molecule has 2 aromatic carbocycles. The van der Waals surface area contributed by atoms with Gasteiger partial charge in [0.05, 0.1) is 5.69 Å². The van der Waals surface area contributed by atoms with Crippen molar-refractivity contribution >= 4 is 11.8 Å². The monoisotopic (exact) mass is 442 g/mol. The molecular formula is C23H21F3N4O2. The average molecular weight is 442 g/mol. The molecule has 2 heterocycles. The van der Waals surface area contributed by atoms with Crippen LogP contribution in [0.1, 0.15) is 32.8 Å². The molecular weight excluding hydrogens is 421 g/mol. The van der Waals surface area contributed by atoms with Gasteiger partial charge in [-0.3, -0.25) is 9.59 Å². The third kappa shape index (κ3) is 4.66. The first kappa shape index (κ1) is 21.6. The van der Waals surface area contributed by atoms with Gasteiger partial charge in [0.1, 0.15) is 0 Å². The number of carbonyl (C=O) groups excluding carboxylic acids is 2. The zero-order valence-electron chi connectivity index (χ0n) is 17.1. The van der Waals surface area contributed by atoms with Crippen molar-refractivity contribution in [1.82, 2.24) is 19.6 Å². The van der Waals surface area contributed by atoms with Crippen molar-refractivity contribution in [3.05, 3.63) is 83.7 Å². The number of carbonyl (C=O) groups is 2. The summed E-state index contributed by atoms with van der Waals surface area (Å²) in [6, 6.07) is 16.2. The van der Waals surface area contributed by atoms with Crippen molar-refractivity contribution in [1.29, 1.82) is 0 Å². The molecule has 9 heteroatoms. The van der Waals surface area contributed by atoms with Crippen LogP contribution in [0.2, 0.25) is 0 Å². The standard InChI is InChI=1S/C23H21F3N4O2/c24-23(25,26)20-11-14-30(27-20)19-9-7-18(8-10-19)22(32)29-13-4-12-28(15-16-29)21(31)17-5-2-1-3-6-17/h1-3,5-11,14H,4,12-13,15-16H2. The summed E-state index contributed by atoms with van der Waals surface area (Å²) in [6.45, 7) is 1.93. The smallest absolute Gasteiger partial charge is 0.337 e. The van der Waals surface area contributed by atoms with E-state index in [-0.39, 0.29) is 11.8 Å². The summed E-state index contributed by atoms with van der Waals surface area (Å²) in [5.74, 6) is -0.233. The number of hydrogen-bond acceptors (Lipinski definition) is 3. The number of rotatable bonds is 3. The highest BCUT2D eigenvalue weighted by molar-refractivity contribution is 5.95. The highest BCUT2D eigenvalue weighted by Crippen LogP contribution is 2.28. The maximum absolute atomic E-state index is 12.9. The van der Waals surface area contributed by atoms with Gasteiger partial charge in [0.25, 0.3) is 11.8 Å². The molecule has 0 bridgehead atoms. The second-order valence-corrected chi connectivity index (χ2v) is 7.49. The van der Waals surface area contributed by atoms with E-state index >= 15 is 0 Å². The molecule has 166 valence electrons. The number of benzene rings is 2. The number of amides is 2. The Bertz CT molecular complexity index is 1090. The lowest BCUT2D eigenvalue weighted by Crippen LogP contribution is -2.37. The van der Waals surface area contributed by atoms with Gasteiger partial charge in [-0.15, -0.1) is 0 Å². The Kier molecular flexibility index (Phi) is 5.98. The van der Waals surface area contributed by atoms with Crippen LogP contribution in [0.3, 0.4) is 0 Å². The maximum Gasteiger partial charge on any atom is 0.435 e. The van der Waals surface area contributed by atoms with Gasteiger partial charge >= 0.3 is 6.18 Å². The van der Waals surface area contributed by atoms with Crippen LogP contribution in [0.15, 0.2) is 66.9 Å². The second kappa shape index (κ2) is 8.86. The highest BCUT2D eigenvalue weighted by atomic mass is 19.4. The summed E-state index contributed by atoms with van der Waals surface area (Å²) in [5, 5.41) is 3.54. The molecule has 1 aromatic heterocycles. The number of aromatic nitrogens is 2. The van der Waals surface area contributed by atoms with Crippen molar-refractivity contribution in [3.63, 3.8) is 0 Å². The molecule has 1 aliphatic heterocycles. The second-order valence-electron chi connectivity index (χ2n) is 7.49. The normalized spacial score (nSPS) is 14.8. The van der Waals surface area contributed by atoms with Gasteiger partial charge in [0.2, 0.25) is 0 Å². The van der Waals surface area contributed by atoms with Crippen LogP contribution >= 0.6 is 0 Å². The highest BCUT2D eigenvalue weighted by Gasteiger charge is 2.33. The number of alkyl halides is 3. The molecule has 0 N–H and O–H groups in total. The first-order valence-electron chi connectivity index (χ1n) is 10.2. The lowest BCUT2D eigenvalue weighted by molar-refractivity contribution is -0.141. The van der Waals surface area contributed by atoms with Crippen LogP contribution in [0.4, 0.5) is 13.2 Å². The van der Waals surface area contributed by atoms with Gasteiger partial charge in [-0.1, -0.05) is 18.2 Å². The average Bonchev–Trinajstić information content (AvgIpc) is 3.18. The van der Waals surface area contributed by atoms with E-state index in [2.05, 4.69) is 5.10 Å². The van der Waals surface area contributed by atoms with Crippen LogP contribution < -0.4 is 0 Å². The minimum absolute atomic E-state index is 0.0540. The summed E-state index contributed by atoms with van der Waals surface area (Å²) < 4.78 is 39.4. The lowest BCUT2D eigenvalue weighted by Gasteiger charge is -2.22. The fraction of sp³-hybridized carbons (Fsp3) is 0.261. The SMILES string of the molecule is O=C(c1ccccc1)N1CCCN(C(=O)c2ccc(-n3ccc(C(F)(F)F)n3)cc2)CC1. The third-order valence-corrected chi connectivity index (χ3v) is 5.35. The van der Waals surface area contributed by atoms with Crippen LogP contribution in [0.5, 0.6) is 0 Å².